The van der Waals surface area contributed by atoms with Crippen LogP contribution in [-0.2, 0) is 11.2 Å². The molecule has 1 aliphatic heterocycles. The van der Waals surface area contributed by atoms with E-state index < -0.39 is 0 Å². The Morgan fingerprint density at radius 1 is 1.12 bits per heavy atom. The van der Waals surface area contributed by atoms with Crippen LogP contribution in [0.15, 0.2) is 54.6 Å². The van der Waals surface area contributed by atoms with Crippen molar-refractivity contribution in [2.45, 2.75) is 32.7 Å². The predicted molar refractivity (Wildman–Crippen MR) is 99.8 cm³/mol. The highest BCUT2D eigenvalue weighted by Gasteiger charge is 2.33. The molecule has 0 bridgehead atoms. The number of amides is 1. The fourth-order valence-electron chi connectivity index (χ4n) is 3.13. The zero-order valence-electron chi connectivity index (χ0n) is 14.8. The van der Waals surface area contributed by atoms with E-state index in [-0.39, 0.29) is 11.4 Å². The van der Waals surface area contributed by atoms with Crippen LogP contribution in [0, 0.1) is 6.92 Å². The molecule has 0 saturated carbocycles. The monoisotopic (exact) mass is 320 g/mol. The van der Waals surface area contributed by atoms with Gasteiger partial charge in [0.05, 0.1) is 0 Å². The Morgan fingerprint density at radius 2 is 1.79 bits per heavy atom. The number of anilines is 1. The number of nitrogens with zero attached hydrogens (tertiary/aromatic N) is 1. The van der Waals surface area contributed by atoms with E-state index in [0.717, 1.165) is 23.4 Å². The minimum atomic E-state index is -0.104. The number of benzene rings is 2. The first-order chi connectivity index (χ1) is 11.4. The van der Waals surface area contributed by atoms with E-state index in [0.29, 0.717) is 0 Å². The lowest BCUT2D eigenvalue weighted by molar-refractivity contribution is -0.111. The number of hydrogen-bond donors (Lipinski definition) is 1. The molecule has 1 amide bonds. The van der Waals surface area contributed by atoms with Crippen LogP contribution in [0.4, 0.5) is 5.69 Å². The maximum Gasteiger partial charge on any atom is 0.250 e. The minimum Gasteiger partial charge on any atom is -0.368 e. The summed E-state index contributed by atoms with van der Waals surface area (Å²) in [6.45, 7) is 6.44. The van der Waals surface area contributed by atoms with Gasteiger partial charge in [-0.3, -0.25) is 4.79 Å². The van der Waals surface area contributed by atoms with Crippen molar-refractivity contribution in [1.82, 2.24) is 4.90 Å². The standard InChI is InChI=1S/C21H24N2O/c1-15-9-11-17(12-10-15)22-20(24)13-19-18-8-6-5-7-16(18)14-21(2,3)23(19)4/h5-13H,14H2,1-4H3,(H,22,24)/b19-13-. The van der Waals surface area contributed by atoms with Crippen LogP contribution < -0.4 is 5.32 Å². The Kier molecular flexibility index (Phi) is 4.18. The second-order valence-corrected chi connectivity index (χ2v) is 7.09. The number of nitrogens with one attached hydrogen (secondary N) is 1. The molecule has 1 heterocycles. The van der Waals surface area contributed by atoms with Crippen molar-refractivity contribution in [3.8, 4) is 0 Å². The van der Waals surface area contributed by atoms with Crippen LogP contribution in [0.3, 0.4) is 0 Å². The average molecular weight is 320 g/mol. The quantitative estimate of drug-likeness (QED) is 0.839. The summed E-state index contributed by atoms with van der Waals surface area (Å²) in [5.41, 5.74) is 5.35. The molecule has 2 aromatic rings. The number of carbonyl (C=O) groups excluding carboxylic acids is 1. The van der Waals surface area contributed by atoms with Crippen LogP contribution in [0.5, 0.6) is 0 Å². The number of carbonyl (C=O) groups is 1. The molecule has 0 fully saturated rings. The molecule has 3 rings (SSSR count). The molecule has 24 heavy (non-hydrogen) atoms. The van der Waals surface area contributed by atoms with Crippen LogP contribution in [-0.4, -0.2) is 23.4 Å². The Hall–Kier alpha value is -2.55. The third-order valence-electron chi connectivity index (χ3n) is 4.77. The summed E-state index contributed by atoms with van der Waals surface area (Å²) in [6, 6.07) is 16.2. The van der Waals surface area contributed by atoms with Gasteiger partial charge in [0.25, 0.3) is 0 Å². The number of likely N-dealkylation sites (N-methyl/N-ethyl adjacent to an activating group) is 1. The summed E-state index contributed by atoms with van der Waals surface area (Å²) in [6.07, 6.45) is 2.68. The molecule has 1 N–H and O–H groups in total. The Labute approximate surface area is 144 Å². The molecule has 3 nitrogen and oxygen atoms in total. The second-order valence-electron chi connectivity index (χ2n) is 7.09. The smallest absolute Gasteiger partial charge is 0.250 e. The zero-order chi connectivity index (χ0) is 17.3. The first-order valence-corrected chi connectivity index (χ1v) is 8.28. The molecule has 0 saturated heterocycles. The van der Waals surface area contributed by atoms with Gasteiger partial charge in [0.2, 0.25) is 5.91 Å². The van der Waals surface area contributed by atoms with E-state index in [4.69, 9.17) is 0 Å². The number of rotatable bonds is 2. The number of hydrogen-bond acceptors (Lipinski definition) is 2. The van der Waals surface area contributed by atoms with Crippen molar-refractivity contribution < 1.29 is 4.79 Å². The van der Waals surface area contributed by atoms with Crippen molar-refractivity contribution >= 4 is 17.3 Å². The van der Waals surface area contributed by atoms with Gasteiger partial charge in [-0.25, -0.2) is 0 Å². The van der Waals surface area contributed by atoms with Crippen molar-refractivity contribution in [1.29, 1.82) is 0 Å². The molecular formula is C21H24N2O. The average Bonchev–Trinajstić information content (AvgIpc) is 2.54. The molecule has 1 aliphatic rings. The van der Waals surface area contributed by atoms with Crippen molar-refractivity contribution in [3.63, 3.8) is 0 Å². The molecule has 0 aromatic heterocycles. The van der Waals surface area contributed by atoms with E-state index in [1.165, 1.54) is 11.1 Å². The summed E-state index contributed by atoms with van der Waals surface area (Å²) in [5.74, 6) is -0.104. The molecule has 0 unspecified atom stereocenters. The van der Waals surface area contributed by atoms with Crippen molar-refractivity contribution in [2.24, 2.45) is 0 Å². The number of fused-ring (bicyclic) bond motifs is 1. The molecular weight excluding hydrogens is 296 g/mol. The molecule has 0 spiro atoms. The van der Waals surface area contributed by atoms with Gasteiger partial charge in [-0.05, 0) is 44.9 Å². The highest BCUT2D eigenvalue weighted by Crippen LogP contribution is 2.36. The highest BCUT2D eigenvalue weighted by atomic mass is 16.1. The molecule has 0 radical (unpaired) electrons. The van der Waals surface area contributed by atoms with Crippen molar-refractivity contribution in [3.05, 3.63) is 71.3 Å². The Morgan fingerprint density at radius 3 is 2.50 bits per heavy atom. The van der Waals surface area contributed by atoms with Gasteiger partial charge in [0, 0.05) is 35.6 Å². The normalized spacial score (nSPS) is 17.5. The van der Waals surface area contributed by atoms with E-state index in [1.54, 1.807) is 6.08 Å². The largest absolute Gasteiger partial charge is 0.368 e. The topological polar surface area (TPSA) is 32.3 Å². The lowest BCUT2D eigenvalue weighted by atomic mass is 9.84. The maximum absolute atomic E-state index is 12.5. The van der Waals surface area contributed by atoms with Crippen LogP contribution in [0.25, 0.3) is 5.70 Å². The lowest BCUT2D eigenvalue weighted by Crippen LogP contribution is -2.45. The van der Waals surface area contributed by atoms with Crippen LogP contribution in [0.1, 0.15) is 30.5 Å². The van der Waals surface area contributed by atoms with E-state index >= 15 is 0 Å². The summed E-state index contributed by atoms with van der Waals surface area (Å²) in [7, 11) is 2.06. The van der Waals surface area contributed by atoms with Gasteiger partial charge < -0.3 is 10.2 Å². The molecule has 0 atom stereocenters. The molecule has 2 aromatic carbocycles. The van der Waals surface area contributed by atoms with Gasteiger partial charge in [-0.2, -0.15) is 0 Å². The Balaban J connectivity index is 1.92. The third-order valence-corrected chi connectivity index (χ3v) is 4.77. The molecule has 3 heteroatoms. The fourth-order valence-corrected chi connectivity index (χ4v) is 3.13. The van der Waals surface area contributed by atoms with Gasteiger partial charge in [0.1, 0.15) is 0 Å². The first-order valence-electron chi connectivity index (χ1n) is 8.28. The third kappa shape index (κ3) is 3.21. The SMILES string of the molecule is Cc1ccc(NC(=O)/C=C2/c3ccccc3CC(C)(C)N2C)cc1. The van der Waals surface area contributed by atoms with Gasteiger partial charge in [-0.1, -0.05) is 42.0 Å². The summed E-state index contributed by atoms with van der Waals surface area (Å²) >= 11 is 0. The van der Waals surface area contributed by atoms with E-state index in [2.05, 4.69) is 49.3 Å². The van der Waals surface area contributed by atoms with Gasteiger partial charge in [-0.15, -0.1) is 0 Å². The van der Waals surface area contributed by atoms with Crippen molar-refractivity contribution in [2.75, 3.05) is 12.4 Å². The molecule has 124 valence electrons. The van der Waals surface area contributed by atoms with Gasteiger partial charge in [0.15, 0.2) is 0 Å². The van der Waals surface area contributed by atoms with Crippen LogP contribution in [0.2, 0.25) is 0 Å². The number of aryl methyl sites for hydroxylation is 1. The van der Waals surface area contributed by atoms with Crippen LogP contribution >= 0.6 is 0 Å². The first kappa shape index (κ1) is 16.3. The fraction of sp³-hybridized carbons (Fsp3) is 0.286. The summed E-state index contributed by atoms with van der Waals surface area (Å²) < 4.78 is 0. The zero-order valence-corrected chi connectivity index (χ0v) is 14.8. The highest BCUT2D eigenvalue weighted by molar-refractivity contribution is 6.04. The maximum atomic E-state index is 12.5. The predicted octanol–water partition coefficient (Wildman–Crippen LogP) is 4.24. The lowest BCUT2D eigenvalue weighted by Gasteiger charge is -2.44. The van der Waals surface area contributed by atoms with E-state index in [9.17, 15) is 4.79 Å². The summed E-state index contributed by atoms with van der Waals surface area (Å²) in [5, 5.41) is 2.95. The summed E-state index contributed by atoms with van der Waals surface area (Å²) in [4.78, 5) is 14.7. The molecule has 0 aliphatic carbocycles. The Bertz CT molecular complexity index is 788. The van der Waals surface area contributed by atoms with Gasteiger partial charge >= 0.3 is 0 Å². The van der Waals surface area contributed by atoms with E-state index in [1.807, 2.05) is 37.3 Å². The minimum absolute atomic E-state index is 0.0235. The second kappa shape index (κ2) is 6.16.